The number of rotatable bonds is 29. The summed E-state index contributed by atoms with van der Waals surface area (Å²) in [6, 6.07) is 0. The van der Waals surface area contributed by atoms with Gasteiger partial charge in [-0.25, -0.2) is 0 Å². The molecule has 0 N–H and O–H groups in total. The highest BCUT2D eigenvalue weighted by Gasteiger charge is 2.24. The molecule has 2 nitrogen and oxygen atoms in total. The largest absolute Gasteiger partial charge is 0.356 e. The Balaban J connectivity index is 1.99. The van der Waals surface area contributed by atoms with E-state index in [4.69, 9.17) is 0 Å². The summed E-state index contributed by atoms with van der Waals surface area (Å²) < 4.78 is 0. The SMILES string of the molecule is CCCCCCCCCCCCCCCCCCN1C=CN(CCCCCCCCCC)C1CCCC. The molecule has 1 heterocycles. The molecule has 0 aliphatic carbocycles. The van der Waals surface area contributed by atoms with E-state index in [-0.39, 0.29) is 0 Å². The van der Waals surface area contributed by atoms with Crippen molar-refractivity contribution in [1.29, 1.82) is 0 Å². The lowest BCUT2D eigenvalue weighted by Gasteiger charge is -2.33. The average Bonchev–Trinajstić information content (AvgIpc) is 3.29. The van der Waals surface area contributed by atoms with Crippen molar-refractivity contribution in [3.05, 3.63) is 12.4 Å². The second-order valence-electron chi connectivity index (χ2n) is 12.2. The third-order valence-electron chi connectivity index (χ3n) is 8.57. The molecule has 220 valence electrons. The summed E-state index contributed by atoms with van der Waals surface area (Å²) in [6.07, 6.45) is 44.0. The summed E-state index contributed by atoms with van der Waals surface area (Å²) >= 11 is 0. The van der Waals surface area contributed by atoms with Crippen molar-refractivity contribution in [3.63, 3.8) is 0 Å². The predicted octanol–water partition coefficient (Wildman–Crippen LogP) is 12.0. The monoisotopic (exact) mass is 519 g/mol. The Labute approximate surface area is 235 Å². The number of hydrogen-bond acceptors (Lipinski definition) is 2. The highest BCUT2D eigenvalue weighted by Crippen LogP contribution is 2.23. The highest BCUT2D eigenvalue weighted by atomic mass is 15.4. The maximum atomic E-state index is 2.67. The first-order valence-corrected chi connectivity index (χ1v) is 17.5. The molecule has 37 heavy (non-hydrogen) atoms. The maximum absolute atomic E-state index is 2.67. The normalized spacial score (nSPS) is 15.4. The molecular formula is C35H70N2. The molecule has 0 spiro atoms. The van der Waals surface area contributed by atoms with Crippen LogP contribution in [0.25, 0.3) is 0 Å². The van der Waals surface area contributed by atoms with Crippen LogP contribution in [0, 0.1) is 0 Å². The molecule has 0 aromatic carbocycles. The van der Waals surface area contributed by atoms with E-state index >= 15 is 0 Å². The zero-order chi connectivity index (χ0) is 26.7. The van der Waals surface area contributed by atoms with Crippen molar-refractivity contribution in [2.75, 3.05) is 13.1 Å². The van der Waals surface area contributed by atoms with Crippen molar-refractivity contribution < 1.29 is 0 Å². The van der Waals surface area contributed by atoms with E-state index in [1.807, 2.05) is 0 Å². The van der Waals surface area contributed by atoms with Gasteiger partial charge in [-0.2, -0.15) is 0 Å². The molecule has 0 aromatic heterocycles. The van der Waals surface area contributed by atoms with E-state index in [1.165, 1.54) is 186 Å². The Kier molecular flexibility index (Phi) is 25.0. The van der Waals surface area contributed by atoms with Crippen LogP contribution < -0.4 is 0 Å². The summed E-state index contributed by atoms with van der Waals surface area (Å²) in [5.74, 6) is 0. The van der Waals surface area contributed by atoms with E-state index in [1.54, 1.807) is 0 Å². The quantitative estimate of drug-likeness (QED) is 0.0908. The van der Waals surface area contributed by atoms with Crippen LogP contribution in [0.4, 0.5) is 0 Å². The van der Waals surface area contributed by atoms with Gasteiger partial charge < -0.3 is 9.80 Å². The zero-order valence-electron chi connectivity index (χ0n) is 26.1. The van der Waals surface area contributed by atoms with Crippen molar-refractivity contribution in [1.82, 2.24) is 9.80 Å². The summed E-state index contributed by atoms with van der Waals surface area (Å²) in [7, 11) is 0. The highest BCUT2D eigenvalue weighted by molar-refractivity contribution is 4.96. The Bertz CT molecular complexity index is 474. The first kappa shape index (κ1) is 34.4. The minimum absolute atomic E-state index is 0.640. The van der Waals surface area contributed by atoms with Crippen molar-refractivity contribution in [2.45, 2.75) is 200 Å². The number of nitrogens with zero attached hydrogens (tertiary/aromatic N) is 2. The molecule has 0 fully saturated rings. The molecule has 1 rings (SSSR count). The molecule has 0 amide bonds. The molecule has 0 aromatic rings. The Hall–Kier alpha value is -0.660. The first-order valence-electron chi connectivity index (χ1n) is 17.5. The second kappa shape index (κ2) is 26.9. The van der Waals surface area contributed by atoms with Crippen LogP contribution in [-0.4, -0.2) is 29.1 Å². The molecular weight excluding hydrogens is 448 g/mol. The minimum atomic E-state index is 0.640. The number of hydrogen-bond donors (Lipinski definition) is 0. The summed E-state index contributed by atoms with van der Waals surface area (Å²) in [6.45, 7) is 9.47. The van der Waals surface area contributed by atoms with E-state index in [0.717, 1.165) is 0 Å². The topological polar surface area (TPSA) is 6.48 Å². The van der Waals surface area contributed by atoms with Gasteiger partial charge in [-0.3, -0.25) is 0 Å². The Morgan fingerprint density at radius 1 is 0.351 bits per heavy atom. The Morgan fingerprint density at radius 2 is 0.622 bits per heavy atom. The summed E-state index contributed by atoms with van der Waals surface area (Å²) in [5.41, 5.74) is 0. The molecule has 2 heteroatoms. The van der Waals surface area contributed by atoms with Crippen molar-refractivity contribution in [3.8, 4) is 0 Å². The second-order valence-corrected chi connectivity index (χ2v) is 12.2. The van der Waals surface area contributed by atoms with Crippen LogP contribution in [-0.2, 0) is 0 Å². The third kappa shape index (κ3) is 20.0. The van der Waals surface area contributed by atoms with Crippen LogP contribution >= 0.6 is 0 Å². The standard InChI is InChI=1S/C35H70N2/c1-4-7-10-12-14-16-17-18-19-20-21-22-23-25-27-29-32-37-34-33-36(35(37)30-9-6-3)31-28-26-24-15-13-11-8-5-2/h33-35H,4-32H2,1-3H3. The van der Waals surface area contributed by atoms with Gasteiger partial charge >= 0.3 is 0 Å². The first-order chi connectivity index (χ1) is 18.3. The molecule has 1 unspecified atom stereocenters. The van der Waals surface area contributed by atoms with E-state index in [0.29, 0.717) is 6.17 Å². The van der Waals surface area contributed by atoms with Gasteiger partial charge in [0.2, 0.25) is 0 Å². The lowest BCUT2D eigenvalue weighted by atomic mass is 10.0. The zero-order valence-corrected chi connectivity index (χ0v) is 26.1. The van der Waals surface area contributed by atoms with Crippen molar-refractivity contribution in [2.24, 2.45) is 0 Å². The fraction of sp³-hybridized carbons (Fsp3) is 0.943. The van der Waals surface area contributed by atoms with E-state index < -0.39 is 0 Å². The molecule has 1 atom stereocenters. The molecule has 0 saturated heterocycles. The molecule has 0 radical (unpaired) electrons. The fourth-order valence-corrected chi connectivity index (χ4v) is 6.00. The van der Waals surface area contributed by atoms with Crippen LogP contribution in [0.1, 0.15) is 194 Å². The van der Waals surface area contributed by atoms with Crippen LogP contribution in [0.15, 0.2) is 12.4 Å². The summed E-state index contributed by atoms with van der Waals surface area (Å²) in [4.78, 5) is 5.34. The third-order valence-corrected chi connectivity index (χ3v) is 8.57. The van der Waals surface area contributed by atoms with Gasteiger partial charge in [-0.15, -0.1) is 0 Å². The predicted molar refractivity (Wildman–Crippen MR) is 168 cm³/mol. The van der Waals surface area contributed by atoms with Crippen molar-refractivity contribution >= 4 is 0 Å². The number of unbranched alkanes of at least 4 members (excludes halogenated alkanes) is 23. The van der Waals surface area contributed by atoms with Gasteiger partial charge in [0.1, 0.15) is 6.17 Å². The molecule has 1 aliphatic heterocycles. The molecule has 0 bridgehead atoms. The smallest absolute Gasteiger partial charge is 0.101 e. The van der Waals surface area contributed by atoms with Crippen LogP contribution in [0.2, 0.25) is 0 Å². The van der Waals surface area contributed by atoms with Gasteiger partial charge in [0, 0.05) is 25.5 Å². The lowest BCUT2D eigenvalue weighted by molar-refractivity contribution is 0.136. The fourth-order valence-electron chi connectivity index (χ4n) is 6.00. The minimum Gasteiger partial charge on any atom is -0.356 e. The Morgan fingerprint density at radius 3 is 0.919 bits per heavy atom. The molecule has 1 aliphatic rings. The van der Waals surface area contributed by atoms with Crippen LogP contribution in [0.3, 0.4) is 0 Å². The van der Waals surface area contributed by atoms with Gasteiger partial charge in [-0.05, 0) is 25.7 Å². The van der Waals surface area contributed by atoms with Gasteiger partial charge in [0.05, 0.1) is 0 Å². The van der Waals surface area contributed by atoms with E-state index in [9.17, 15) is 0 Å². The van der Waals surface area contributed by atoms with E-state index in [2.05, 4.69) is 43.0 Å². The average molecular weight is 519 g/mol. The van der Waals surface area contributed by atoms with Gasteiger partial charge in [-0.1, -0.05) is 168 Å². The van der Waals surface area contributed by atoms with Gasteiger partial charge in [0.15, 0.2) is 0 Å². The molecule has 0 saturated carbocycles. The maximum Gasteiger partial charge on any atom is 0.101 e. The van der Waals surface area contributed by atoms with Gasteiger partial charge in [0.25, 0.3) is 0 Å². The van der Waals surface area contributed by atoms with Crippen LogP contribution in [0.5, 0.6) is 0 Å². The lowest BCUT2D eigenvalue weighted by Crippen LogP contribution is -2.39. The summed E-state index contributed by atoms with van der Waals surface area (Å²) in [5, 5.41) is 0.